The first-order valence-electron chi connectivity index (χ1n) is 6.09. The van der Waals surface area contributed by atoms with E-state index in [1.807, 2.05) is 26.1 Å². The SMILES string of the molecule is CCC(O)C(C)N(C)Cc1ccc(OC)cc1. The lowest BCUT2D eigenvalue weighted by atomic mass is 10.1. The number of hydrogen-bond donors (Lipinski definition) is 1. The van der Waals surface area contributed by atoms with E-state index in [1.165, 1.54) is 5.56 Å². The first-order chi connectivity index (χ1) is 8.08. The summed E-state index contributed by atoms with van der Waals surface area (Å²) in [6, 6.07) is 8.21. The number of benzene rings is 1. The largest absolute Gasteiger partial charge is 0.497 e. The van der Waals surface area contributed by atoms with Crippen LogP contribution in [0.4, 0.5) is 0 Å². The van der Waals surface area contributed by atoms with Crippen LogP contribution in [0.2, 0.25) is 0 Å². The number of aliphatic hydroxyl groups is 1. The van der Waals surface area contributed by atoms with E-state index in [-0.39, 0.29) is 12.1 Å². The van der Waals surface area contributed by atoms with Crippen molar-refractivity contribution in [1.29, 1.82) is 0 Å². The van der Waals surface area contributed by atoms with Gasteiger partial charge in [-0.15, -0.1) is 0 Å². The zero-order chi connectivity index (χ0) is 12.8. The maximum absolute atomic E-state index is 9.80. The summed E-state index contributed by atoms with van der Waals surface area (Å²) in [7, 11) is 3.70. The third kappa shape index (κ3) is 4.02. The van der Waals surface area contributed by atoms with Crippen molar-refractivity contribution in [3.05, 3.63) is 29.8 Å². The lowest BCUT2D eigenvalue weighted by Crippen LogP contribution is -2.38. The Balaban J connectivity index is 2.57. The normalized spacial score (nSPS) is 14.7. The van der Waals surface area contributed by atoms with Crippen molar-refractivity contribution in [3.63, 3.8) is 0 Å². The highest BCUT2D eigenvalue weighted by molar-refractivity contribution is 5.27. The molecule has 96 valence electrons. The lowest BCUT2D eigenvalue weighted by Gasteiger charge is -2.28. The van der Waals surface area contributed by atoms with E-state index in [1.54, 1.807) is 7.11 Å². The van der Waals surface area contributed by atoms with Gasteiger partial charge in [-0.3, -0.25) is 4.90 Å². The summed E-state index contributed by atoms with van der Waals surface area (Å²) in [6.45, 7) is 4.89. The van der Waals surface area contributed by atoms with Crippen LogP contribution < -0.4 is 4.74 Å². The van der Waals surface area contributed by atoms with Crippen molar-refractivity contribution >= 4 is 0 Å². The van der Waals surface area contributed by atoms with Crippen molar-refractivity contribution in [2.24, 2.45) is 0 Å². The van der Waals surface area contributed by atoms with Crippen molar-refractivity contribution in [1.82, 2.24) is 4.90 Å². The van der Waals surface area contributed by atoms with Crippen LogP contribution in [0.25, 0.3) is 0 Å². The van der Waals surface area contributed by atoms with Gasteiger partial charge in [-0.2, -0.15) is 0 Å². The fraction of sp³-hybridized carbons (Fsp3) is 0.571. The maximum Gasteiger partial charge on any atom is 0.118 e. The van der Waals surface area contributed by atoms with Gasteiger partial charge in [-0.25, -0.2) is 0 Å². The van der Waals surface area contributed by atoms with Gasteiger partial charge >= 0.3 is 0 Å². The Hall–Kier alpha value is -1.06. The number of hydrogen-bond acceptors (Lipinski definition) is 3. The zero-order valence-electron chi connectivity index (χ0n) is 11.2. The Labute approximate surface area is 104 Å². The van der Waals surface area contributed by atoms with Gasteiger partial charge in [0.2, 0.25) is 0 Å². The molecule has 1 N–H and O–H groups in total. The second kappa shape index (κ2) is 6.62. The van der Waals surface area contributed by atoms with Gasteiger partial charge in [0.15, 0.2) is 0 Å². The van der Waals surface area contributed by atoms with Gasteiger partial charge in [-0.1, -0.05) is 19.1 Å². The molecule has 0 aliphatic rings. The topological polar surface area (TPSA) is 32.7 Å². The second-order valence-electron chi connectivity index (χ2n) is 4.48. The molecule has 0 bridgehead atoms. The molecule has 3 nitrogen and oxygen atoms in total. The summed E-state index contributed by atoms with van der Waals surface area (Å²) in [6.07, 6.45) is 0.520. The average molecular weight is 237 g/mol. The third-order valence-electron chi connectivity index (χ3n) is 3.26. The van der Waals surface area contributed by atoms with Gasteiger partial charge in [0.25, 0.3) is 0 Å². The van der Waals surface area contributed by atoms with E-state index in [2.05, 4.69) is 24.0 Å². The third-order valence-corrected chi connectivity index (χ3v) is 3.26. The second-order valence-corrected chi connectivity index (χ2v) is 4.48. The molecule has 0 aromatic heterocycles. The quantitative estimate of drug-likeness (QED) is 0.824. The molecule has 0 aliphatic heterocycles. The van der Waals surface area contributed by atoms with Crippen molar-refractivity contribution in [3.8, 4) is 5.75 Å². The minimum Gasteiger partial charge on any atom is -0.497 e. The number of rotatable bonds is 6. The van der Waals surface area contributed by atoms with E-state index in [9.17, 15) is 5.11 Å². The molecule has 0 heterocycles. The first kappa shape index (κ1) is 14.0. The molecule has 0 fully saturated rings. The molecule has 0 radical (unpaired) electrons. The van der Waals surface area contributed by atoms with Gasteiger partial charge < -0.3 is 9.84 Å². The Morgan fingerprint density at radius 3 is 2.35 bits per heavy atom. The molecule has 1 aromatic carbocycles. The number of methoxy groups -OCH3 is 1. The van der Waals surface area contributed by atoms with Crippen molar-refractivity contribution in [2.75, 3.05) is 14.2 Å². The highest BCUT2D eigenvalue weighted by atomic mass is 16.5. The highest BCUT2D eigenvalue weighted by Crippen LogP contribution is 2.14. The molecular weight excluding hydrogens is 214 g/mol. The Kier molecular flexibility index (Phi) is 5.45. The molecule has 1 rings (SSSR count). The smallest absolute Gasteiger partial charge is 0.118 e. The first-order valence-corrected chi connectivity index (χ1v) is 6.09. The molecule has 0 spiro atoms. The predicted octanol–water partition coefficient (Wildman–Crippen LogP) is 2.29. The minimum atomic E-state index is -0.266. The molecule has 0 amide bonds. The molecule has 17 heavy (non-hydrogen) atoms. The van der Waals surface area contributed by atoms with Crippen LogP contribution in [0.5, 0.6) is 5.75 Å². The van der Waals surface area contributed by atoms with Gasteiger partial charge in [0.1, 0.15) is 5.75 Å². The number of ether oxygens (including phenoxy) is 1. The summed E-state index contributed by atoms with van der Waals surface area (Å²) in [4.78, 5) is 2.16. The maximum atomic E-state index is 9.80. The van der Waals surface area contributed by atoms with E-state index in [0.29, 0.717) is 0 Å². The summed E-state index contributed by atoms with van der Waals surface area (Å²) in [5.41, 5.74) is 1.23. The molecular formula is C14H23NO2. The van der Waals surface area contributed by atoms with Gasteiger partial charge in [-0.05, 0) is 38.1 Å². The van der Waals surface area contributed by atoms with Crippen LogP contribution in [0, 0.1) is 0 Å². The van der Waals surface area contributed by atoms with Crippen molar-refractivity contribution < 1.29 is 9.84 Å². The van der Waals surface area contributed by atoms with Crippen molar-refractivity contribution in [2.45, 2.75) is 39.0 Å². The lowest BCUT2D eigenvalue weighted by molar-refractivity contribution is 0.0665. The zero-order valence-corrected chi connectivity index (χ0v) is 11.2. The molecule has 0 saturated heterocycles. The summed E-state index contributed by atoms with van der Waals surface area (Å²) in [5, 5.41) is 9.80. The highest BCUT2D eigenvalue weighted by Gasteiger charge is 2.16. The Bertz CT molecular complexity index is 323. The summed E-state index contributed by atoms with van der Waals surface area (Å²) < 4.78 is 5.12. The van der Waals surface area contributed by atoms with E-state index in [4.69, 9.17) is 4.74 Å². The van der Waals surface area contributed by atoms with Crippen LogP contribution >= 0.6 is 0 Å². The average Bonchev–Trinajstić information content (AvgIpc) is 2.37. The van der Waals surface area contributed by atoms with E-state index in [0.717, 1.165) is 18.7 Å². The van der Waals surface area contributed by atoms with Crippen LogP contribution in [0.3, 0.4) is 0 Å². The summed E-state index contributed by atoms with van der Waals surface area (Å²) in [5.74, 6) is 0.873. The Morgan fingerprint density at radius 1 is 1.29 bits per heavy atom. The fourth-order valence-electron chi connectivity index (χ4n) is 1.80. The molecule has 2 unspecified atom stereocenters. The number of likely N-dealkylation sites (N-methyl/N-ethyl adjacent to an activating group) is 1. The minimum absolute atomic E-state index is 0.169. The van der Waals surface area contributed by atoms with Crippen LogP contribution in [-0.4, -0.2) is 36.3 Å². The molecule has 1 aromatic rings. The number of nitrogens with zero attached hydrogens (tertiary/aromatic N) is 1. The molecule has 2 atom stereocenters. The van der Waals surface area contributed by atoms with E-state index >= 15 is 0 Å². The van der Waals surface area contributed by atoms with Crippen LogP contribution in [-0.2, 0) is 6.54 Å². The monoisotopic (exact) mass is 237 g/mol. The number of aliphatic hydroxyl groups excluding tert-OH is 1. The Morgan fingerprint density at radius 2 is 1.88 bits per heavy atom. The fourth-order valence-corrected chi connectivity index (χ4v) is 1.80. The predicted molar refractivity (Wildman–Crippen MR) is 70.2 cm³/mol. The molecule has 3 heteroatoms. The van der Waals surface area contributed by atoms with Gasteiger partial charge in [0.05, 0.1) is 13.2 Å². The molecule has 0 aliphatic carbocycles. The van der Waals surface area contributed by atoms with E-state index < -0.39 is 0 Å². The summed E-state index contributed by atoms with van der Waals surface area (Å²) >= 11 is 0. The van der Waals surface area contributed by atoms with Gasteiger partial charge in [0, 0.05) is 12.6 Å². The molecule has 0 saturated carbocycles. The standard InChI is InChI=1S/C14H23NO2/c1-5-14(16)11(2)15(3)10-12-6-8-13(17-4)9-7-12/h6-9,11,14,16H,5,10H2,1-4H3. The van der Waals surface area contributed by atoms with Crippen LogP contribution in [0.1, 0.15) is 25.8 Å². The van der Waals surface area contributed by atoms with Crippen LogP contribution in [0.15, 0.2) is 24.3 Å².